The van der Waals surface area contributed by atoms with Gasteiger partial charge in [-0.2, -0.15) is 0 Å². The van der Waals surface area contributed by atoms with Gasteiger partial charge in [-0.15, -0.1) is 0 Å². The molecule has 0 aliphatic heterocycles. The van der Waals surface area contributed by atoms with E-state index >= 15 is 0 Å². The summed E-state index contributed by atoms with van der Waals surface area (Å²) < 4.78 is 24.8. The van der Waals surface area contributed by atoms with Gasteiger partial charge < -0.3 is 4.74 Å². The maximum absolute atomic E-state index is 5.10. The maximum Gasteiger partial charge on any atom is 0.134 e. The fourth-order valence-electron chi connectivity index (χ4n) is 2.16. The second-order valence-corrected chi connectivity index (χ2v) is 20.8. The van der Waals surface area contributed by atoms with Gasteiger partial charge in [0.05, 0.1) is 21.0 Å². The van der Waals surface area contributed by atoms with E-state index in [1.54, 1.807) is 7.11 Å². The molecule has 0 heterocycles. The highest BCUT2D eigenvalue weighted by Crippen LogP contribution is 2.65. The van der Waals surface area contributed by atoms with Gasteiger partial charge in [-0.3, -0.25) is 14.3 Å². The van der Waals surface area contributed by atoms with E-state index in [9.17, 15) is 0 Å². The number of nitrogens with one attached hydrogen (secondary N) is 1. The Balaban J connectivity index is 5.71. The van der Waals surface area contributed by atoms with Gasteiger partial charge in [0.2, 0.25) is 0 Å². The van der Waals surface area contributed by atoms with Gasteiger partial charge in [0.25, 0.3) is 0 Å². The second-order valence-electron chi connectivity index (χ2n) is 6.90. The number of hydrogen-bond acceptors (Lipinski definition) is 2. The summed E-state index contributed by atoms with van der Waals surface area (Å²) in [4.78, 5) is 0. The van der Waals surface area contributed by atoms with Crippen molar-refractivity contribution in [3.05, 3.63) is 0 Å². The van der Waals surface area contributed by atoms with Gasteiger partial charge in [0, 0.05) is 27.4 Å². The average Bonchev–Trinajstić information content (AvgIpc) is 2.23. The van der Waals surface area contributed by atoms with Crippen molar-refractivity contribution in [2.75, 3.05) is 80.6 Å². The van der Waals surface area contributed by atoms with Crippen LogP contribution in [0.5, 0.6) is 0 Å². The number of ether oxygens (including phenoxy) is 1. The van der Waals surface area contributed by atoms with Crippen molar-refractivity contribution >= 4 is 28.8 Å². The molecule has 6 nitrogen and oxygen atoms in total. The van der Waals surface area contributed by atoms with Gasteiger partial charge >= 0.3 is 0 Å². The molecule has 0 rings (SSSR count). The summed E-state index contributed by atoms with van der Waals surface area (Å²) in [7, 11) is -2.93. The fourth-order valence-corrected chi connectivity index (χ4v) is 17.3. The zero-order chi connectivity index (χ0) is 17.7. The molecule has 1 N–H and O–H groups in total. The van der Waals surface area contributed by atoms with E-state index in [4.69, 9.17) is 18.3 Å². The lowest BCUT2D eigenvalue weighted by molar-refractivity contribution is 0.204. The number of rotatable bonds is 7. The van der Waals surface area contributed by atoms with Crippen molar-refractivity contribution in [1.82, 2.24) is 5.09 Å². The number of hydrogen-bond donors (Lipinski definition) is 1. The van der Waals surface area contributed by atoms with Crippen LogP contribution in [-0.2, 0) is 4.74 Å². The van der Waals surface area contributed by atoms with Crippen LogP contribution in [0.3, 0.4) is 0 Å². The van der Waals surface area contributed by atoms with Crippen LogP contribution >= 0.6 is 28.8 Å². The largest absolute Gasteiger partial charge is 0.383 e. The first kappa shape index (κ1) is 22.8. The van der Waals surface area contributed by atoms with Crippen LogP contribution in [0.25, 0.3) is 0 Å². The Kier molecular flexibility index (Phi) is 9.13. The lowest BCUT2D eigenvalue weighted by atomic mass is 10.7. The molecular formula is C12H35N5OP4. The van der Waals surface area contributed by atoms with Crippen LogP contribution < -0.4 is 5.09 Å². The molecule has 1 unspecified atom stereocenters. The molecular weight excluding hydrogens is 354 g/mol. The first-order chi connectivity index (χ1) is 9.74. The minimum absolute atomic E-state index is 0.666. The topological polar surface area (TPSA) is 70.7 Å². The summed E-state index contributed by atoms with van der Waals surface area (Å²) in [6, 6.07) is 0. The molecule has 0 bridgehead atoms. The summed E-state index contributed by atoms with van der Waals surface area (Å²) in [6.07, 6.45) is 0. The molecule has 0 aliphatic carbocycles. The first-order valence-corrected chi connectivity index (χ1v) is 17.6. The molecule has 0 spiro atoms. The molecule has 134 valence electrons. The Morgan fingerprint density at radius 3 is 1.73 bits per heavy atom. The van der Waals surface area contributed by atoms with Gasteiger partial charge in [0.1, 0.15) is 7.36 Å². The van der Waals surface area contributed by atoms with Gasteiger partial charge in [-0.05, 0) is 53.7 Å². The van der Waals surface area contributed by atoms with Crippen molar-refractivity contribution in [3.8, 4) is 0 Å². The third-order valence-corrected chi connectivity index (χ3v) is 14.6. The van der Waals surface area contributed by atoms with Crippen LogP contribution in [0.2, 0.25) is 0 Å². The van der Waals surface area contributed by atoms with Crippen LogP contribution in [0.1, 0.15) is 0 Å². The van der Waals surface area contributed by atoms with Gasteiger partial charge in [-0.1, -0.05) is 0 Å². The lowest BCUT2D eigenvalue weighted by Crippen LogP contribution is -2.14. The second kappa shape index (κ2) is 8.80. The molecule has 0 aliphatic rings. The van der Waals surface area contributed by atoms with Crippen LogP contribution in [-0.4, -0.2) is 80.6 Å². The number of nitrogens with zero attached hydrogens (tertiary/aromatic N) is 4. The van der Waals surface area contributed by atoms with E-state index < -0.39 is 28.8 Å². The zero-order valence-corrected chi connectivity index (χ0v) is 19.5. The van der Waals surface area contributed by atoms with Crippen molar-refractivity contribution in [2.24, 2.45) is 18.3 Å². The van der Waals surface area contributed by atoms with E-state index in [-0.39, 0.29) is 0 Å². The summed E-state index contributed by atoms with van der Waals surface area (Å²) >= 11 is 0. The molecule has 22 heavy (non-hydrogen) atoms. The molecule has 0 fully saturated rings. The predicted molar refractivity (Wildman–Crippen MR) is 111 cm³/mol. The minimum Gasteiger partial charge on any atom is -0.383 e. The Morgan fingerprint density at radius 1 is 0.818 bits per heavy atom. The molecule has 0 saturated carbocycles. The molecule has 1 atom stereocenters. The molecule has 0 saturated heterocycles. The lowest BCUT2D eigenvalue weighted by Gasteiger charge is -2.23. The normalized spacial score (nSPS) is 15.9. The molecule has 0 aromatic carbocycles. The van der Waals surface area contributed by atoms with Crippen LogP contribution in [0.4, 0.5) is 0 Å². The Hall–Kier alpha value is 0.840. The molecule has 0 aromatic heterocycles. The highest BCUT2D eigenvalue weighted by atomic mass is 31.2. The third kappa shape index (κ3) is 10.6. The highest BCUT2D eigenvalue weighted by molar-refractivity contribution is 7.81. The van der Waals surface area contributed by atoms with E-state index in [1.807, 2.05) is 7.05 Å². The van der Waals surface area contributed by atoms with Crippen LogP contribution in [0.15, 0.2) is 18.3 Å². The minimum atomic E-state index is -1.88. The smallest absolute Gasteiger partial charge is 0.134 e. The monoisotopic (exact) mass is 389 g/mol. The molecule has 0 radical (unpaired) electrons. The van der Waals surface area contributed by atoms with Crippen LogP contribution in [0, 0.1) is 0 Å². The number of methoxy groups -OCH3 is 1. The van der Waals surface area contributed by atoms with Crippen molar-refractivity contribution in [3.63, 3.8) is 0 Å². The predicted octanol–water partition coefficient (Wildman–Crippen LogP) is 5.36. The highest BCUT2D eigenvalue weighted by Gasteiger charge is 2.16. The Bertz CT molecular complexity index is 570. The van der Waals surface area contributed by atoms with E-state index in [0.29, 0.717) is 6.61 Å². The van der Waals surface area contributed by atoms with Crippen molar-refractivity contribution in [1.29, 1.82) is 0 Å². The quantitative estimate of drug-likeness (QED) is 0.471. The Morgan fingerprint density at radius 2 is 1.32 bits per heavy atom. The summed E-state index contributed by atoms with van der Waals surface area (Å²) in [6.45, 7) is 18.9. The average molecular weight is 389 g/mol. The van der Waals surface area contributed by atoms with Gasteiger partial charge in [-0.25, -0.2) is 9.03 Å². The summed E-state index contributed by atoms with van der Waals surface area (Å²) in [5.74, 6) is 0. The summed E-state index contributed by atoms with van der Waals surface area (Å²) in [5, 5.41) is 3.45. The molecule has 10 heteroatoms. The maximum atomic E-state index is 5.10. The zero-order valence-electron chi connectivity index (χ0n) is 15.9. The van der Waals surface area contributed by atoms with Crippen molar-refractivity contribution in [2.45, 2.75) is 0 Å². The van der Waals surface area contributed by atoms with E-state index in [1.165, 1.54) is 0 Å². The SMILES string of the molecule is CN=P(C)(N=P(C)(C)N=P(C)(C)N=P(C)(C)C)NCCOC. The first-order valence-electron chi connectivity index (χ1n) is 7.20. The molecule has 0 amide bonds. The van der Waals surface area contributed by atoms with Crippen molar-refractivity contribution < 1.29 is 4.74 Å². The fraction of sp³-hybridized carbons (Fsp3) is 1.00. The van der Waals surface area contributed by atoms with E-state index in [0.717, 1.165) is 6.54 Å². The Labute approximate surface area is 138 Å². The van der Waals surface area contributed by atoms with E-state index in [2.05, 4.69) is 63.2 Å². The third-order valence-electron chi connectivity index (χ3n) is 2.43. The van der Waals surface area contributed by atoms with Gasteiger partial charge in [0.15, 0.2) is 0 Å². The standard InChI is InChI=1S/C12H35N5OP4/c1-13-22(10,14-11-12-18-2)17-21(8,9)16-20(6,7)15-19(3,4)5/h14H,11-12H2,1-10H3. The summed E-state index contributed by atoms with van der Waals surface area (Å²) in [5.41, 5.74) is 0. The molecule has 0 aromatic rings.